The average molecular weight is 370 g/mol. The van der Waals surface area contributed by atoms with E-state index in [0.29, 0.717) is 23.7 Å². The van der Waals surface area contributed by atoms with Gasteiger partial charge in [-0.15, -0.1) is 0 Å². The normalized spacial score (nSPS) is 24.5. The summed E-state index contributed by atoms with van der Waals surface area (Å²) >= 11 is 0. The minimum Gasteiger partial charge on any atom is -0.359 e. The number of fused-ring (bicyclic) bond motifs is 1. The summed E-state index contributed by atoms with van der Waals surface area (Å²) < 4.78 is 15.1. The molecule has 27 heavy (non-hydrogen) atoms. The zero-order valence-electron chi connectivity index (χ0n) is 16.2. The molecule has 1 aromatic carbocycles. The van der Waals surface area contributed by atoms with Gasteiger partial charge in [-0.25, -0.2) is 9.37 Å². The molecule has 0 radical (unpaired) electrons. The van der Waals surface area contributed by atoms with Gasteiger partial charge in [-0.05, 0) is 55.2 Å². The Hall–Kier alpha value is -2.21. The topological polar surface area (TPSA) is 50.2 Å². The highest BCUT2D eigenvalue weighted by atomic mass is 19.1. The molecule has 2 fully saturated rings. The summed E-state index contributed by atoms with van der Waals surface area (Å²) in [6, 6.07) is 7.06. The fraction of sp³-hybridized carbons (Fsp3) is 0.524. The van der Waals surface area contributed by atoms with E-state index in [1.807, 2.05) is 13.0 Å². The molecule has 4 rings (SSSR count). The van der Waals surface area contributed by atoms with Crippen molar-refractivity contribution >= 4 is 5.95 Å². The number of rotatable bonds is 5. The molecule has 144 valence electrons. The number of likely N-dealkylation sites (tertiary alicyclic amines) is 1. The first-order valence-electron chi connectivity index (χ1n) is 9.70. The maximum absolute atomic E-state index is 13.5. The van der Waals surface area contributed by atoms with Crippen molar-refractivity contribution in [3.63, 3.8) is 0 Å². The van der Waals surface area contributed by atoms with E-state index in [-0.39, 0.29) is 11.4 Å². The van der Waals surface area contributed by atoms with Crippen molar-refractivity contribution in [2.75, 3.05) is 32.0 Å². The van der Waals surface area contributed by atoms with Crippen LogP contribution in [0.2, 0.25) is 0 Å². The second kappa shape index (κ2) is 7.08. The molecule has 1 N–H and O–H groups in total. The van der Waals surface area contributed by atoms with Crippen LogP contribution in [0.1, 0.15) is 29.2 Å². The quantitative estimate of drug-likeness (QED) is 0.879. The molecule has 1 aromatic heterocycles. The summed E-state index contributed by atoms with van der Waals surface area (Å²) in [5.74, 6) is 2.24. The molecule has 6 heteroatoms. The smallest absolute Gasteiger partial charge is 0.258 e. The summed E-state index contributed by atoms with van der Waals surface area (Å²) in [5.41, 5.74) is 2.78. The monoisotopic (exact) mass is 370 g/mol. The summed E-state index contributed by atoms with van der Waals surface area (Å²) in [5, 5.41) is 2.96. The lowest BCUT2D eigenvalue weighted by molar-refractivity contribution is 0.190. The Bertz CT molecular complexity index is 910. The predicted octanol–water partition coefficient (Wildman–Crippen LogP) is 2.55. The fourth-order valence-corrected chi connectivity index (χ4v) is 4.84. The Morgan fingerprint density at radius 3 is 2.89 bits per heavy atom. The molecule has 1 saturated heterocycles. The van der Waals surface area contributed by atoms with Crippen molar-refractivity contribution in [1.82, 2.24) is 14.5 Å². The van der Waals surface area contributed by atoms with Crippen LogP contribution in [0.3, 0.4) is 0 Å². The van der Waals surface area contributed by atoms with Gasteiger partial charge in [-0.2, -0.15) is 0 Å². The zero-order valence-corrected chi connectivity index (χ0v) is 16.2. The van der Waals surface area contributed by atoms with Gasteiger partial charge < -0.3 is 10.2 Å². The van der Waals surface area contributed by atoms with E-state index in [2.05, 4.69) is 21.3 Å². The maximum Gasteiger partial charge on any atom is 0.258 e. The van der Waals surface area contributed by atoms with Gasteiger partial charge >= 0.3 is 0 Å². The summed E-state index contributed by atoms with van der Waals surface area (Å²) in [6.07, 6.45) is 1.86. The molecule has 2 aromatic rings. The lowest BCUT2D eigenvalue weighted by Crippen LogP contribution is -2.33. The van der Waals surface area contributed by atoms with E-state index in [1.165, 1.54) is 6.07 Å². The number of benzene rings is 1. The number of nitrogens with one attached hydrogen (secondary N) is 1. The van der Waals surface area contributed by atoms with E-state index in [0.717, 1.165) is 49.3 Å². The standard InChI is InChI=1S/C21H27FN4O/c1-13-17(20(27)25(3)21(23-2)24-13)7-8-26-11-15-10-18(19(15)12-26)14-5-4-6-16(22)9-14/h4-6,9,15,18-19H,7-8,10-12H2,1-3H3,(H,23,24). The average Bonchev–Trinajstić information content (AvgIpc) is 2.94. The zero-order chi connectivity index (χ0) is 19.1. The molecule has 2 aliphatic rings. The number of hydrogen-bond acceptors (Lipinski definition) is 4. The van der Waals surface area contributed by atoms with E-state index < -0.39 is 0 Å². The molecule has 0 amide bonds. The van der Waals surface area contributed by atoms with Crippen LogP contribution in [0, 0.1) is 24.6 Å². The number of halogens is 1. The van der Waals surface area contributed by atoms with E-state index in [1.54, 1.807) is 24.7 Å². The maximum atomic E-state index is 13.5. The number of anilines is 1. The Balaban J connectivity index is 1.41. The molecule has 3 unspecified atom stereocenters. The first kappa shape index (κ1) is 18.2. The van der Waals surface area contributed by atoms with Crippen LogP contribution in [0.4, 0.5) is 10.3 Å². The third-order valence-corrected chi connectivity index (χ3v) is 6.41. The Morgan fingerprint density at radius 1 is 1.33 bits per heavy atom. The molecule has 0 spiro atoms. The van der Waals surface area contributed by atoms with Crippen LogP contribution in [-0.2, 0) is 13.5 Å². The molecular weight excluding hydrogens is 343 g/mol. The fourth-order valence-electron chi connectivity index (χ4n) is 4.84. The van der Waals surface area contributed by atoms with Crippen molar-refractivity contribution < 1.29 is 4.39 Å². The molecule has 1 aliphatic carbocycles. The van der Waals surface area contributed by atoms with Crippen LogP contribution < -0.4 is 10.9 Å². The highest BCUT2D eigenvalue weighted by molar-refractivity contribution is 5.30. The predicted molar refractivity (Wildman–Crippen MR) is 105 cm³/mol. The Labute approximate surface area is 159 Å². The van der Waals surface area contributed by atoms with Gasteiger partial charge in [0.25, 0.3) is 5.56 Å². The van der Waals surface area contributed by atoms with Crippen molar-refractivity contribution in [2.24, 2.45) is 18.9 Å². The van der Waals surface area contributed by atoms with Crippen LogP contribution in [0.25, 0.3) is 0 Å². The van der Waals surface area contributed by atoms with E-state index in [4.69, 9.17) is 0 Å². The Kier molecular flexibility index (Phi) is 4.76. The highest BCUT2D eigenvalue weighted by Gasteiger charge is 2.47. The molecule has 5 nitrogen and oxygen atoms in total. The number of hydrogen-bond donors (Lipinski definition) is 1. The molecule has 2 heterocycles. The van der Waals surface area contributed by atoms with Crippen molar-refractivity contribution in [3.8, 4) is 0 Å². The molecule has 0 bridgehead atoms. The summed E-state index contributed by atoms with van der Waals surface area (Å²) in [4.78, 5) is 19.6. The largest absolute Gasteiger partial charge is 0.359 e. The first-order valence-corrected chi connectivity index (χ1v) is 9.70. The summed E-state index contributed by atoms with van der Waals surface area (Å²) in [6.45, 7) is 4.90. The van der Waals surface area contributed by atoms with Crippen LogP contribution in [0.15, 0.2) is 29.1 Å². The van der Waals surface area contributed by atoms with Gasteiger partial charge in [0.05, 0.1) is 0 Å². The molecule has 3 atom stereocenters. The lowest BCUT2D eigenvalue weighted by atomic mass is 9.64. The number of aromatic nitrogens is 2. The SMILES string of the molecule is CNc1nc(C)c(CCN2CC3CC(c4cccc(F)c4)C3C2)c(=O)n1C. The summed E-state index contributed by atoms with van der Waals surface area (Å²) in [7, 11) is 3.53. The van der Waals surface area contributed by atoms with E-state index >= 15 is 0 Å². The third-order valence-electron chi connectivity index (χ3n) is 6.41. The minimum atomic E-state index is -0.144. The minimum absolute atomic E-state index is 0.0339. The molecule has 1 aliphatic heterocycles. The molecule has 1 saturated carbocycles. The van der Waals surface area contributed by atoms with Crippen LogP contribution in [0.5, 0.6) is 0 Å². The third kappa shape index (κ3) is 3.27. The second-order valence-corrected chi connectivity index (χ2v) is 7.94. The van der Waals surface area contributed by atoms with Gasteiger partial charge in [0.15, 0.2) is 0 Å². The van der Waals surface area contributed by atoms with Gasteiger partial charge in [0.2, 0.25) is 5.95 Å². The van der Waals surface area contributed by atoms with Crippen molar-refractivity contribution in [2.45, 2.75) is 25.7 Å². The van der Waals surface area contributed by atoms with Crippen molar-refractivity contribution in [3.05, 3.63) is 57.3 Å². The Morgan fingerprint density at radius 2 is 2.15 bits per heavy atom. The van der Waals surface area contributed by atoms with Crippen molar-refractivity contribution in [1.29, 1.82) is 0 Å². The number of aryl methyl sites for hydroxylation is 1. The van der Waals surface area contributed by atoms with Gasteiger partial charge in [-0.3, -0.25) is 9.36 Å². The van der Waals surface area contributed by atoms with Gasteiger partial charge in [0, 0.05) is 45.0 Å². The first-order chi connectivity index (χ1) is 13.0. The van der Waals surface area contributed by atoms with Crippen LogP contribution >= 0.6 is 0 Å². The lowest BCUT2D eigenvalue weighted by Gasteiger charge is -2.40. The number of nitrogens with zero attached hydrogens (tertiary/aromatic N) is 3. The van der Waals surface area contributed by atoms with E-state index in [9.17, 15) is 9.18 Å². The highest BCUT2D eigenvalue weighted by Crippen LogP contribution is 2.51. The van der Waals surface area contributed by atoms with Gasteiger partial charge in [0.1, 0.15) is 5.82 Å². The van der Waals surface area contributed by atoms with Gasteiger partial charge in [-0.1, -0.05) is 12.1 Å². The molecular formula is C21H27FN4O. The van der Waals surface area contributed by atoms with Crippen LogP contribution in [-0.4, -0.2) is 41.1 Å². The second-order valence-electron chi connectivity index (χ2n) is 7.94.